The molecule has 1 aromatic carbocycles. The van der Waals surface area contributed by atoms with Gasteiger partial charge in [0.15, 0.2) is 0 Å². The van der Waals surface area contributed by atoms with Gasteiger partial charge in [-0.1, -0.05) is 30.3 Å². The summed E-state index contributed by atoms with van der Waals surface area (Å²) < 4.78 is 34.8. The standard InChI is InChI=1S/C18H21N3O3S/c1-14-11-15(2)21(20-14)17(18-9-6-10-24-18)12-19-25(22,23)13-16-7-4-3-5-8-16/h3-11,17,19H,12-13H2,1-2H3. The number of nitrogens with zero attached hydrogens (tertiary/aromatic N) is 2. The highest BCUT2D eigenvalue weighted by atomic mass is 32.2. The Bertz CT molecular complexity index is 916. The molecule has 0 aliphatic carbocycles. The number of rotatable bonds is 7. The molecule has 1 unspecified atom stereocenters. The molecule has 7 heteroatoms. The zero-order chi connectivity index (χ0) is 17.9. The summed E-state index contributed by atoms with van der Waals surface area (Å²) in [5.74, 6) is 0.601. The highest BCUT2D eigenvalue weighted by molar-refractivity contribution is 7.88. The van der Waals surface area contributed by atoms with Gasteiger partial charge in [0.1, 0.15) is 11.8 Å². The molecule has 25 heavy (non-hydrogen) atoms. The van der Waals surface area contributed by atoms with Crippen molar-refractivity contribution in [3.05, 3.63) is 77.5 Å². The molecule has 1 N–H and O–H groups in total. The third-order valence-corrected chi connectivity index (χ3v) is 5.23. The van der Waals surface area contributed by atoms with E-state index in [1.54, 1.807) is 29.1 Å². The number of aromatic nitrogens is 2. The van der Waals surface area contributed by atoms with Crippen LogP contribution in [-0.4, -0.2) is 24.7 Å². The Morgan fingerprint density at radius 1 is 1.16 bits per heavy atom. The minimum absolute atomic E-state index is 0.0597. The van der Waals surface area contributed by atoms with Gasteiger partial charge in [-0.2, -0.15) is 5.10 Å². The third kappa shape index (κ3) is 4.37. The van der Waals surface area contributed by atoms with E-state index >= 15 is 0 Å². The molecule has 0 fully saturated rings. The molecular weight excluding hydrogens is 338 g/mol. The summed E-state index contributed by atoms with van der Waals surface area (Å²) in [6.07, 6.45) is 1.58. The molecule has 0 amide bonds. The smallest absolute Gasteiger partial charge is 0.215 e. The van der Waals surface area contributed by atoms with E-state index in [2.05, 4.69) is 9.82 Å². The van der Waals surface area contributed by atoms with Crippen LogP contribution in [0.2, 0.25) is 0 Å². The molecule has 2 aromatic heterocycles. The van der Waals surface area contributed by atoms with Gasteiger partial charge in [0.25, 0.3) is 0 Å². The van der Waals surface area contributed by atoms with Crippen LogP contribution in [-0.2, 0) is 15.8 Å². The maximum Gasteiger partial charge on any atom is 0.215 e. The van der Waals surface area contributed by atoms with Gasteiger partial charge in [-0.15, -0.1) is 0 Å². The Labute approximate surface area is 147 Å². The normalized spacial score (nSPS) is 13.0. The average molecular weight is 359 g/mol. The van der Waals surface area contributed by atoms with Crippen molar-refractivity contribution in [1.82, 2.24) is 14.5 Å². The Morgan fingerprint density at radius 3 is 2.52 bits per heavy atom. The number of furan rings is 1. The minimum atomic E-state index is -3.47. The SMILES string of the molecule is Cc1cc(C)n(C(CNS(=O)(=O)Cc2ccccc2)c2ccco2)n1. The van der Waals surface area contributed by atoms with Crippen molar-refractivity contribution in [1.29, 1.82) is 0 Å². The van der Waals surface area contributed by atoms with E-state index in [0.717, 1.165) is 17.0 Å². The molecule has 0 spiro atoms. The summed E-state index contributed by atoms with van der Waals surface area (Å²) in [7, 11) is -3.47. The van der Waals surface area contributed by atoms with Crippen molar-refractivity contribution < 1.29 is 12.8 Å². The number of nitrogens with one attached hydrogen (secondary N) is 1. The molecule has 6 nitrogen and oxygen atoms in total. The Morgan fingerprint density at radius 2 is 1.92 bits per heavy atom. The lowest BCUT2D eigenvalue weighted by Crippen LogP contribution is -2.32. The van der Waals surface area contributed by atoms with Crippen molar-refractivity contribution in [2.24, 2.45) is 0 Å². The molecule has 0 radical (unpaired) electrons. The summed E-state index contributed by atoms with van der Waals surface area (Å²) in [5, 5.41) is 4.47. The van der Waals surface area contributed by atoms with E-state index in [-0.39, 0.29) is 18.3 Å². The topological polar surface area (TPSA) is 77.1 Å². The van der Waals surface area contributed by atoms with Gasteiger partial charge in [0.2, 0.25) is 10.0 Å². The highest BCUT2D eigenvalue weighted by Crippen LogP contribution is 2.20. The fraction of sp³-hybridized carbons (Fsp3) is 0.278. The van der Waals surface area contributed by atoms with Crippen molar-refractivity contribution >= 4 is 10.0 Å². The largest absolute Gasteiger partial charge is 0.467 e. The first kappa shape index (κ1) is 17.4. The number of hydrogen-bond acceptors (Lipinski definition) is 4. The lowest BCUT2D eigenvalue weighted by atomic mass is 10.2. The molecule has 0 saturated heterocycles. The monoisotopic (exact) mass is 359 g/mol. The lowest BCUT2D eigenvalue weighted by Gasteiger charge is -2.18. The zero-order valence-corrected chi connectivity index (χ0v) is 15.0. The summed E-state index contributed by atoms with van der Waals surface area (Å²) in [6, 6.07) is 14.3. The van der Waals surface area contributed by atoms with Gasteiger partial charge >= 0.3 is 0 Å². The number of hydrogen-bond donors (Lipinski definition) is 1. The zero-order valence-electron chi connectivity index (χ0n) is 14.2. The third-order valence-electron chi connectivity index (χ3n) is 3.91. The Hall–Kier alpha value is -2.38. The first-order chi connectivity index (χ1) is 11.9. The van der Waals surface area contributed by atoms with Crippen LogP contribution in [0.15, 0.2) is 59.2 Å². The fourth-order valence-corrected chi connectivity index (χ4v) is 3.95. The van der Waals surface area contributed by atoms with Gasteiger partial charge in [-0.05, 0) is 37.6 Å². The molecule has 3 rings (SSSR count). The van der Waals surface area contributed by atoms with Gasteiger partial charge in [0, 0.05) is 12.2 Å². The molecule has 0 bridgehead atoms. The average Bonchev–Trinajstić information content (AvgIpc) is 3.19. The molecule has 0 saturated carbocycles. The van der Waals surface area contributed by atoms with Crippen LogP contribution >= 0.6 is 0 Å². The van der Waals surface area contributed by atoms with Crippen molar-refractivity contribution in [3.8, 4) is 0 Å². The number of aryl methyl sites for hydroxylation is 2. The second-order valence-corrected chi connectivity index (χ2v) is 7.80. The minimum Gasteiger partial charge on any atom is -0.467 e. The van der Waals surface area contributed by atoms with Crippen molar-refractivity contribution in [3.63, 3.8) is 0 Å². The molecule has 0 aliphatic heterocycles. The van der Waals surface area contributed by atoms with Crippen LogP contribution in [0.4, 0.5) is 0 Å². The molecular formula is C18H21N3O3S. The molecule has 2 heterocycles. The fourth-order valence-electron chi connectivity index (χ4n) is 2.80. The summed E-state index contributed by atoms with van der Waals surface area (Å²) in [5.41, 5.74) is 2.57. The molecule has 0 aliphatic rings. The van der Waals surface area contributed by atoms with E-state index in [1.807, 2.05) is 44.2 Å². The van der Waals surface area contributed by atoms with Crippen LogP contribution in [0.25, 0.3) is 0 Å². The Balaban J connectivity index is 1.78. The van der Waals surface area contributed by atoms with E-state index in [0.29, 0.717) is 5.76 Å². The van der Waals surface area contributed by atoms with Crippen LogP contribution in [0.3, 0.4) is 0 Å². The van der Waals surface area contributed by atoms with Crippen LogP contribution in [0, 0.1) is 13.8 Å². The maximum absolute atomic E-state index is 12.4. The number of benzene rings is 1. The lowest BCUT2D eigenvalue weighted by molar-refractivity contribution is 0.396. The predicted octanol–water partition coefficient (Wildman–Crippen LogP) is 2.80. The van der Waals surface area contributed by atoms with Gasteiger partial charge < -0.3 is 4.42 Å². The first-order valence-corrected chi connectivity index (χ1v) is 9.67. The summed E-state index contributed by atoms with van der Waals surface area (Å²) in [6.45, 7) is 4.02. The van der Waals surface area contributed by atoms with Crippen LogP contribution in [0.5, 0.6) is 0 Å². The molecule has 1 atom stereocenters. The van der Waals surface area contributed by atoms with E-state index < -0.39 is 10.0 Å². The summed E-state index contributed by atoms with van der Waals surface area (Å²) >= 11 is 0. The predicted molar refractivity (Wildman–Crippen MR) is 95.6 cm³/mol. The van der Waals surface area contributed by atoms with Gasteiger partial charge in [0.05, 0.1) is 17.7 Å². The van der Waals surface area contributed by atoms with Crippen molar-refractivity contribution in [2.75, 3.05) is 6.54 Å². The number of sulfonamides is 1. The van der Waals surface area contributed by atoms with E-state index in [9.17, 15) is 8.42 Å². The second-order valence-electron chi connectivity index (χ2n) is 6.00. The van der Waals surface area contributed by atoms with Crippen LogP contribution < -0.4 is 4.72 Å². The van der Waals surface area contributed by atoms with Gasteiger partial charge in [-0.25, -0.2) is 13.1 Å². The molecule has 3 aromatic rings. The van der Waals surface area contributed by atoms with E-state index in [4.69, 9.17) is 4.42 Å². The maximum atomic E-state index is 12.4. The van der Waals surface area contributed by atoms with Gasteiger partial charge in [-0.3, -0.25) is 4.68 Å². The quantitative estimate of drug-likeness (QED) is 0.704. The van der Waals surface area contributed by atoms with Crippen LogP contribution in [0.1, 0.15) is 28.8 Å². The first-order valence-electron chi connectivity index (χ1n) is 8.02. The van der Waals surface area contributed by atoms with E-state index in [1.165, 1.54) is 0 Å². The molecule has 132 valence electrons. The Kier molecular flexibility index (Phi) is 5.06. The summed E-state index contributed by atoms with van der Waals surface area (Å²) in [4.78, 5) is 0. The highest BCUT2D eigenvalue weighted by Gasteiger charge is 2.22. The second kappa shape index (κ2) is 7.25. The van der Waals surface area contributed by atoms with Crippen molar-refractivity contribution in [2.45, 2.75) is 25.6 Å².